The minimum atomic E-state index is -0.714. The van der Waals surface area contributed by atoms with Crippen molar-refractivity contribution in [2.45, 2.75) is 0 Å². The second-order valence-corrected chi connectivity index (χ2v) is 7.52. The van der Waals surface area contributed by atoms with Crippen molar-refractivity contribution in [3.63, 3.8) is 0 Å². The lowest BCUT2D eigenvalue weighted by Crippen LogP contribution is -2.50. The average molecular weight is 496 g/mol. The molecule has 1 aliphatic heterocycles. The van der Waals surface area contributed by atoms with E-state index in [1.165, 1.54) is 30.3 Å². The van der Waals surface area contributed by atoms with Gasteiger partial charge in [-0.2, -0.15) is 0 Å². The number of hydrogen-bond donors (Lipinski definition) is 0. The number of anilines is 1. The zero-order valence-electron chi connectivity index (χ0n) is 16.3. The number of nitrogens with zero attached hydrogens (tertiary/aromatic N) is 3. The van der Waals surface area contributed by atoms with Crippen molar-refractivity contribution in [2.24, 2.45) is 0 Å². The standard InChI is InChI=1S/C20H19BrFN3O6/c21-17-11-14(22)1-6-18(17)30-13-20(27)31-12-19(26)24-9-7-23(8-10-24)15-2-4-16(5-3-15)25(28)29/h1-6,11H,7-10,12-13H2. The Morgan fingerprint density at radius 1 is 1.06 bits per heavy atom. The third-order valence-corrected chi connectivity index (χ3v) is 5.27. The molecular formula is C20H19BrFN3O6. The number of hydrogen-bond acceptors (Lipinski definition) is 7. The lowest BCUT2D eigenvalue weighted by Gasteiger charge is -2.36. The zero-order valence-corrected chi connectivity index (χ0v) is 17.9. The Morgan fingerprint density at radius 3 is 2.35 bits per heavy atom. The number of halogens is 2. The summed E-state index contributed by atoms with van der Waals surface area (Å²) in [6, 6.07) is 10.0. The Bertz CT molecular complexity index is 964. The van der Waals surface area contributed by atoms with Crippen molar-refractivity contribution in [1.29, 1.82) is 0 Å². The van der Waals surface area contributed by atoms with Gasteiger partial charge in [0.05, 0.1) is 9.40 Å². The van der Waals surface area contributed by atoms with Crippen LogP contribution in [0.1, 0.15) is 0 Å². The molecule has 0 aliphatic carbocycles. The van der Waals surface area contributed by atoms with Crippen LogP contribution >= 0.6 is 15.9 Å². The molecular weight excluding hydrogens is 477 g/mol. The summed E-state index contributed by atoms with van der Waals surface area (Å²) in [4.78, 5) is 38.0. The van der Waals surface area contributed by atoms with Crippen LogP contribution in [0.2, 0.25) is 0 Å². The van der Waals surface area contributed by atoms with Gasteiger partial charge < -0.3 is 19.3 Å². The molecule has 164 valence electrons. The fourth-order valence-electron chi connectivity index (χ4n) is 3.00. The van der Waals surface area contributed by atoms with Crippen LogP contribution in [0.3, 0.4) is 0 Å². The van der Waals surface area contributed by atoms with E-state index in [0.29, 0.717) is 30.7 Å². The second kappa shape index (κ2) is 10.2. The highest BCUT2D eigenvalue weighted by Gasteiger charge is 2.22. The number of carbonyl (C=O) groups is 2. The number of ether oxygens (including phenoxy) is 2. The van der Waals surface area contributed by atoms with Gasteiger partial charge in [0.15, 0.2) is 13.2 Å². The topological polar surface area (TPSA) is 102 Å². The Balaban J connectivity index is 1.40. The maximum atomic E-state index is 13.1. The van der Waals surface area contributed by atoms with Crippen molar-refractivity contribution in [3.8, 4) is 5.75 Å². The Morgan fingerprint density at radius 2 is 1.74 bits per heavy atom. The number of nitro benzene ring substituents is 1. The van der Waals surface area contributed by atoms with Gasteiger partial charge in [-0.15, -0.1) is 0 Å². The average Bonchev–Trinajstić information content (AvgIpc) is 2.77. The van der Waals surface area contributed by atoms with Gasteiger partial charge in [0.25, 0.3) is 11.6 Å². The molecule has 0 unspecified atom stereocenters. The third kappa shape index (κ3) is 6.14. The molecule has 0 aromatic heterocycles. The minimum absolute atomic E-state index is 0.0233. The normalized spacial score (nSPS) is 13.6. The van der Waals surface area contributed by atoms with Gasteiger partial charge in [0.2, 0.25) is 0 Å². The summed E-state index contributed by atoms with van der Waals surface area (Å²) < 4.78 is 23.6. The molecule has 11 heteroatoms. The maximum Gasteiger partial charge on any atom is 0.344 e. The van der Waals surface area contributed by atoms with E-state index in [1.807, 2.05) is 4.90 Å². The smallest absolute Gasteiger partial charge is 0.344 e. The lowest BCUT2D eigenvalue weighted by atomic mass is 10.2. The first-order valence-electron chi connectivity index (χ1n) is 9.34. The number of esters is 1. The molecule has 3 rings (SSSR count). The van der Waals surface area contributed by atoms with Crippen molar-refractivity contribution in [3.05, 3.63) is 62.9 Å². The molecule has 31 heavy (non-hydrogen) atoms. The van der Waals surface area contributed by atoms with Gasteiger partial charge in [-0.05, 0) is 46.3 Å². The minimum Gasteiger partial charge on any atom is -0.481 e. The van der Waals surface area contributed by atoms with E-state index < -0.39 is 29.9 Å². The fourth-order valence-corrected chi connectivity index (χ4v) is 3.47. The van der Waals surface area contributed by atoms with Crippen LogP contribution in [-0.4, -0.2) is 61.1 Å². The molecule has 0 radical (unpaired) electrons. The predicted octanol–water partition coefficient (Wildman–Crippen LogP) is 2.77. The Kier molecular flexibility index (Phi) is 7.40. The Hall–Kier alpha value is -3.21. The highest BCUT2D eigenvalue weighted by atomic mass is 79.9. The van der Waals surface area contributed by atoms with Crippen LogP contribution in [-0.2, 0) is 14.3 Å². The largest absolute Gasteiger partial charge is 0.481 e. The third-order valence-electron chi connectivity index (χ3n) is 4.65. The van der Waals surface area contributed by atoms with E-state index in [9.17, 15) is 24.1 Å². The van der Waals surface area contributed by atoms with E-state index in [1.54, 1.807) is 17.0 Å². The van der Waals surface area contributed by atoms with Crippen LogP contribution in [0.25, 0.3) is 0 Å². The first-order valence-corrected chi connectivity index (χ1v) is 10.1. The van der Waals surface area contributed by atoms with Gasteiger partial charge >= 0.3 is 5.97 Å². The maximum absolute atomic E-state index is 13.1. The Labute approximate surface area is 185 Å². The van der Waals surface area contributed by atoms with Crippen molar-refractivity contribution < 1.29 is 28.4 Å². The molecule has 1 aliphatic rings. The first-order chi connectivity index (χ1) is 14.8. The lowest BCUT2D eigenvalue weighted by molar-refractivity contribution is -0.384. The summed E-state index contributed by atoms with van der Waals surface area (Å²) in [7, 11) is 0. The van der Waals surface area contributed by atoms with Crippen LogP contribution < -0.4 is 9.64 Å². The number of rotatable bonds is 7. The van der Waals surface area contributed by atoms with Gasteiger partial charge in [-0.25, -0.2) is 9.18 Å². The number of non-ortho nitro benzene ring substituents is 1. The van der Waals surface area contributed by atoms with E-state index >= 15 is 0 Å². The predicted molar refractivity (Wildman–Crippen MR) is 112 cm³/mol. The van der Waals surface area contributed by atoms with E-state index in [4.69, 9.17) is 9.47 Å². The summed E-state index contributed by atoms with van der Waals surface area (Å²) in [5, 5.41) is 10.7. The second-order valence-electron chi connectivity index (χ2n) is 6.67. The van der Waals surface area contributed by atoms with Crippen LogP contribution in [0, 0.1) is 15.9 Å². The molecule has 2 aromatic carbocycles. The molecule has 1 heterocycles. The number of carbonyl (C=O) groups excluding carboxylic acids is 2. The number of amides is 1. The van der Waals surface area contributed by atoms with E-state index in [0.717, 1.165) is 5.69 Å². The quantitative estimate of drug-likeness (QED) is 0.330. The first kappa shape index (κ1) is 22.5. The summed E-state index contributed by atoms with van der Waals surface area (Å²) in [5.41, 5.74) is 0.864. The van der Waals surface area contributed by atoms with Crippen LogP contribution in [0.4, 0.5) is 15.8 Å². The van der Waals surface area contributed by atoms with Crippen molar-refractivity contribution in [1.82, 2.24) is 4.90 Å². The van der Waals surface area contributed by atoms with Crippen LogP contribution in [0.15, 0.2) is 46.9 Å². The molecule has 0 atom stereocenters. The summed E-state index contributed by atoms with van der Waals surface area (Å²) in [5.74, 6) is -1.19. The summed E-state index contributed by atoms with van der Waals surface area (Å²) in [6.07, 6.45) is 0. The van der Waals surface area contributed by atoms with E-state index in [-0.39, 0.29) is 17.3 Å². The van der Waals surface area contributed by atoms with Gasteiger partial charge in [0, 0.05) is 44.0 Å². The number of nitro groups is 1. The zero-order chi connectivity index (χ0) is 22.4. The SMILES string of the molecule is O=C(COc1ccc(F)cc1Br)OCC(=O)N1CCN(c2ccc([N+](=O)[O-])cc2)CC1. The highest BCUT2D eigenvalue weighted by Crippen LogP contribution is 2.25. The van der Waals surface area contributed by atoms with Crippen molar-refractivity contribution >= 4 is 39.2 Å². The van der Waals surface area contributed by atoms with Gasteiger partial charge in [0.1, 0.15) is 11.6 Å². The van der Waals surface area contributed by atoms with Crippen molar-refractivity contribution in [2.75, 3.05) is 44.3 Å². The molecule has 0 saturated carbocycles. The molecule has 0 N–H and O–H groups in total. The van der Waals surface area contributed by atoms with Gasteiger partial charge in [-0.3, -0.25) is 14.9 Å². The van der Waals surface area contributed by atoms with Gasteiger partial charge in [-0.1, -0.05) is 0 Å². The number of benzene rings is 2. The van der Waals surface area contributed by atoms with E-state index in [2.05, 4.69) is 15.9 Å². The fraction of sp³-hybridized carbons (Fsp3) is 0.300. The molecule has 1 fully saturated rings. The summed E-state index contributed by atoms with van der Waals surface area (Å²) in [6.45, 7) is 1.17. The molecule has 9 nitrogen and oxygen atoms in total. The molecule has 1 saturated heterocycles. The summed E-state index contributed by atoms with van der Waals surface area (Å²) >= 11 is 3.13. The monoisotopic (exact) mass is 495 g/mol. The molecule has 2 aromatic rings. The number of piperazine rings is 1. The molecule has 0 spiro atoms. The molecule has 0 bridgehead atoms. The highest BCUT2D eigenvalue weighted by molar-refractivity contribution is 9.10. The molecule has 1 amide bonds. The van der Waals surface area contributed by atoms with Crippen LogP contribution in [0.5, 0.6) is 5.75 Å².